The summed E-state index contributed by atoms with van der Waals surface area (Å²) >= 11 is 0. The molecule has 1 atom stereocenters. The van der Waals surface area contributed by atoms with Crippen LogP contribution in [0.15, 0.2) is 54.6 Å². The summed E-state index contributed by atoms with van der Waals surface area (Å²) < 4.78 is 21.2. The van der Waals surface area contributed by atoms with Crippen LogP contribution in [0.4, 0.5) is 10.2 Å². The number of carbonyl (C=O) groups is 1. The Morgan fingerprint density at radius 3 is 2.55 bits per heavy atom. The largest absolute Gasteiger partial charge is 0.367 e. The highest BCUT2D eigenvalue weighted by Gasteiger charge is 2.26. The van der Waals surface area contributed by atoms with Crippen LogP contribution in [0.25, 0.3) is 16.7 Å². The molecule has 0 aliphatic carbocycles. The molecule has 2 aromatic heterocycles. The first-order valence-corrected chi connectivity index (χ1v) is 14.1. The average Bonchev–Trinajstić information content (AvgIpc) is 3.12. The normalized spacial score (nSPS) is 14.9. The lowest BCUT2D eigenvalue weighted by Gasteiger charge is -2.24. The number of aryl methyl sites for hydroxylation is 1. The standard InChI is InChI=1S/C31H37FN6O2/c1-4-9-22(2)29-33-30(28-23(3)35-38(31(28)34-29)26-14-12-25(32)13-15-26)37-17-8-16-36(18-19-37)27(39)21-40-20-24-10-6-5-7-11-24/h5-7,10-15,22H,4,8-9,16-21H2,1-3H3/t22-/m1/s1. The summed E-state index contributed by atoms with van der Waals surface area (Å²) in [6, 6.07) is 16.2. The second-order valence-electron chi connectivity index (χ2n) is 10.5. The molecule has 210 valence electrons. The van der Waals surface area contributed by atoms with Gasteiger partial charge in [-0.1, -0.05) is 50.6 Å². The molecule has 3 heterocycles. The topological polar surface area (TPSA) is 76.4 Å². The third-order valence-electron chi connectivity index (χ3n) is 7.42. The number of hydrogen-bond acceptors (Lipinski definition) is 6. The quantitative estimate of drug-likeness (QED) is 0.280. The summed E-state index contributed by atoms with van der Waals surface area (Å²) in [6.45, 7) is 9.43. The monoisotopic (exact) mass is 544 g/mol. The summed E-state index contributed by atoms with van der Waals surface area (Å²) in [5, 5.41) is 5.69. The minimum atomic E-state index is -0.293. The summed E-state index contributed by atoms with van der Waals surface area (Å²) in [6.07, 6.45) is 2.82. The van der Waals surface area contributed by atoms with Gasteiger partial charge in [-0.3, -0.25) is 4.79 Å². The number of halogens is 1. The molecular weight excluding hydrogens is 507 g/mol. The highest BCUT2D eigenvalue weighted by molar-refractivity contribution is 5.91. The number of anilines is 1. The molecule has 9 heteroatoms. The first-order chi connectivity index (χ1) is 19.4. The lowest BCUT2D eigenvalue weighted by atomic mass is 10.1. The van der Waals surface area contributed by atoms with Crippen LogP contribution in [0.5, 0.6) is 0 Å². The highest BCUT2D eigenvalue weighted by Crippen LogP contribution is 2.32. The van der Waals surface area contributed by atoms with Crippen molar-refractivity contribution in [2.75, 3.05) is 37.7 Å². The van der Waals surface area contributed by atoms with Gasteiger partial charge in [0.25, 0.3) is 0 Å². The van der Waals surface area contributed by atoms with Crippen LogP contribution in [-0.2, 0) is 16.1 Å². The summed E-state index contributed by atoms with van der Waals surface area (Å²) in [4.78, 5) is 27.2. The van der Waals surface area contributed by atoms with Gasteiger partial charge in [-0.05, 0) is 49.6 Å². The number of benzene rings is 2. The van der Waals surface area contributed by atoms with Gasteiger partial charge in [0, 0.05) is 32.1 Å². The van der Waals surface area contributed by atoms with E-state index in [2.05, 4.69) is 18.7 Å². The van der Waals surface area contributed by atoms with Gasteiger partial charge in [0.05, 0.1) is 23.4 Å². The minimum absolute atomic E-state index is 0.00295. The Morgan fingerprint density at radius 2 is 1.80 bits per heavy atom. The summed E-state index contributed by atoms with van der Waals surface area (Å²) in [5.41, 5.74) is 3.34. The predicted octanol–water partition coefficient (Wildman–Crippen LogP) is 5.42. The fraction of sp³-hybridized carbons (Fsp3) is 0.419. The van der Waals surface area contributed by atoms with E-state index < -0.39 is 0 Å². The van der Waals surface area contributed by atoms with Gasteiger partial charge in [-0.25, -0.2) is 19.0 Å². The number of nitrogens with zero attached hydrogens (tertiary/aromatic N) is 6. The Labute approximate surface area is 234 Å². The lowest BCUT2D eigenvalue weighted by Crippen LogP contribution is -2.37. The van der Waals surface area contributed by atoms with Crippen molar-refractivity contribution in [3.63, 3.8) is 0 Å². The minimum Gasteiger partial charge on any atom is -0.367 e. The Balaban J connectivity index is 1.39. The molecule has 1 saturated heterocycles. The predicted molar refractivity (Wildman–Crippen MR) is 154 cm³/mol. The molecular formula is C31H37FN6O2. The molecule has 0 unspecified atom stereocenters. The van der Waals surface area contributed by atoms with Crippen molar-refractivity contribution in [3.05, 3.63) is 77.5 Å². The van der Waals surface area contributed by atoms with E-state index in [-0.39, 0.29) is 24.2 Å². The third-order valence-corrected chi connectivity index (χ3v) is 7.42. The summed E-state index contributed by atoms with van der Waals surface area (Å²) in [5.74, 6) is 1.52. The lowest BCUT2D eigenvalue weighted by molar-refractivity contribution is -0.136. The van der Waals surface area contributed by atoms with Crippen LogP contribution < -0.4 is 4.90 Å². The molecule has 0 N–H and O–H groups in total. The molecule has 5 rings (SSSR count). The molecule has 1 aliphatic heterocycles. The zero-order valence-corrected chi connectivity index (χ0v) is 23.5. The molecule has 1 fully saturated rings. The zero-order valence-electron chi connectivity index (χ0n) is 23.5. The number of fused-ring (bicyclic) bond motifs is 1. The van der Waals surface area contributed by atoms with E-state index in [0.717, 1.165) is 65.4 Å². The Morgan fingerprint density at radius 1 is 1.02 bits per heavy atom. The Hall–Kier alpha value is -3.85. The molecule has 0 radical (unpaired) electrons. The number of aromatic nitrogens is 4. The van der Waals surface area contributed by atoms with Gasteiger partial charge in [-0.2, -0.15) is 5.10 Å². The van der Waals surface area contributed by atoms with Gasteiger partial charge in [0.15, 0.2) is 5.65 Å². The Bertz CT molecular complexity index is 1440. The fourth-order valence-corrected chi connectivity index (χ4v) is 5.25. The van der Waals surface area contributed by atoms with Crippen molar-refractivity contribution >= 4 is 22.8 Å². The number of rotatable bonds is 9. The molecule has 4 aromatic rings. The molecule has 0 saturated carbocycles. The van der Waals surface area contributed by atoms with Crippen molar-refractivity contribution in [2.45, 2.75) is 52.6 Å². The maximum atomic E-state index is 13.7. The van der Waals surface area contributed by atoms with Gasteiger partial charge >= 0.3 is 0 Å². The van der Waals surface area contributed by atoms with Crippen molar-refractivity contribution < 1.29 is 13.9 Å². The van der Waals surface area contributed by atoms with Crippen LogP contribution in [-0.4, -0.2) is 63.3 Å². The van der Waals surface area contributed by atoms with Gasteiger partial charge < -0.3 is 14.5 Å². The fourth-order valence-electron chi connectivity index (χ4n) is 5.25. The van der Waals surface area contributed by atoms with Crippen LogP contribution >= 0.6 is 0 Å². The van der Waals surface area contributed by atoms with E-state index in [1.165, 1.54) is 12.1 Å². The Kier molecular flexibility index (Phi) is 8.69. The SMILES string of the molecule is CCC[C@@H](C)c1nc(N2CCCN(C(=O)COCc3ccccc3)CC2)c2c(C)nn(-c3ccc(F)cc3)c2n1. The second kappa shape index (κ2) is 12.6. The first kappa shape index (κ1) is 27.7. The second-order valence-corrected chi connectivity index (χ2v) is 10.5. The van der Waals surface area contributed by atoms with Crippen molar-refractivity contribution in [1.82, 2.24) is 24.6 Å². The van der Waals surface area contributed by atoms with Crippen molar-refractivity contribution in [3.8, 4) is 5.69 Å². The van der Waals surface area contributed by atoms with Crippen molar-refractivity contribution in [1.29, 1.82) is 0 Å². The molecule has 1 aliphatic rings. The van der Waals surface area contributed by atoms with E-state index in [0.29, 0.717) is 26.2 Å². The molecule has 8 nitrogen and oxygen atoms in total. The van der Waals surface area contributed by atoms with Crippen LogP contribution in [0.3, 0.4) is 0 Å². The third kappa shape index (κ3) is 6.14. The number of carbonyl (C=O) groups excluding carboxylic acids is 1. The van der Waals surface area contributed by atoms with E-state index in [1.54, 1.807) is 16.8 Å². The molecule has 0 bridgehead atoms. The maximum Gasteiger partial charge on any atom is 0.248 e. The molecule has 40 heavy (non-hydrogen) atoms. The number of ether oxygens (including phenoxy) is 1. The average molecular weight is 545 g/mol. The van der Waals surface area contributed by atoms with E-state index >= 15 is 0 Å². The highest BCUT2D eigenvalue weighted by atomic mass is 19.1. The van der Waals surface area contributed by atoms with Gasteiger partial charge in [0.2, 0.25) is 5.91 Å². The van der Waals surface area contributed by atoms with Crippen LogP contribution in [0.1, 0.15) is 56.1 Å². The van der Waals surface area contributed by atoms with E-state index in [1.807, 2.05) is 42.2 Å². The first-order valence-electron chi connectivity index (χ1n) is 14.1. The van der Waals surface area contributed by atoms with Crippen LogP contribution in [0, 0.1) is 12.7 Å². The van der Waals surface area contributed by atoms with Crippen molar-refractivity contribution in [2.24, 2.45) is 0 Å². The maximum absolute atomic E-state index is 13.7. The van der Waals surface area contributed by atoms with E-state index in [9.17, 15) is 9.18 Å². The van der Waals surface area contributed by atoms with E-state index in [4.69, 9.17) is 19.8 Å². The molecule has 1 amide bonds. The molecule has 0 spiro atoms. The molecule has 2 aromatic carbocycles. The van der Waals surface area contributed by atoms with Crippen LogP contribution in [0.2, 0.25) is 0 Å². The zero-order chi connectivity index (χ0) is 28.1. The summed E-state index contributed by atoms with van der Waals surface area (Å²) in [7, 11) is 0. The number of hydrogen-bond donors (Lipinski definition) is 0. The van der Waals surface area contributed by atoms with Gasteiger partial charge in [0.1, 0.15) is 24.1 Å². The van der Waals surface area contributed by atoms with Gasteiger partial charge in [-0.15, -0.1) is 0 Å². The smallest absolute Gasteiger partial charge is 0.248 e. The number of amides is 1.